The van der Waals surface area contributed by atoms with E-state index in [2.05, 4.69) is 69.9 Å². The van der Waals surface area contributed by atoms with Gasteiger partial charge in [-0.2, -0.15) is 0 Å². The first-order valence-electron chi connectivity index (χ1n) is 14.3. The third kappa shape index (κ3) is 3.88. The topological polar surface area (TPSA) is 20.3 Å². The molecule has 5 rings (SSSR count). The number of nitrogens with zero attached hydrogens (tertiary/aromatic N) is 1. The Morgan fingerprint density at radius 3 is 2.47 bits per heavy atom. The largest absolute Gasteiger partial charge is 0.285 e. The molecule has 1 heterocycles. The van der Waals surface area contributed by atoms with Crippen molar-refractivity contribution in [2.45, 2.75) is 98.8 Å². The van der Waals surface area contributed by atoms with Crippen LogP contribution in [0.3, 0.4) is 0 Å². The summed E-state index contributed by atoms with van der Waals surface area (Å²) < 4.78 is 0. The van der Waals surface area contributed by atoms with Crippen LogP contribution in [0.25, 0.3) is 0 Å². The van der Waals surface area contributed by atoms with Gasteiger partial charge in [-0.1, -0.05) is 78.2 Å². The number of carbonyl (C=O) groups excluding carboxylic acids is 1. The van der Waals surface area contributed by atoms with E-state index in [1.807, 2.05) is 6.07 Å². The number of rotatable bonds is 6. The van der Waals surface area contributed by atoms with E-state index in [0.29, 0.717) is 11.8 Å². The predicted molar refractivity (Wildman–Crippen MR) is 142 cm³/mol. The third-order valence-corrected chi connectivity index (χ3v) is 11.0. The second kappa shape index (κ2) is 9.14. The van der Waals surface area contributed by atoms with Gasteiger partial charge in [-0.15, -0.1) is 0 Å². The summed E-state index contributed by atoms with van der Waals surface area (Å²) in [5, 5.41) is 0. The minimum absolute atomic E-state index is 0.134. The molecule has 0 aromatic heterocycles. The summed E-state index contributed by atoms with van der Waals surface area (Å²) in [7, 11) is 0. The van der Waals surface area contributed by atoms with Crippen molar-refractivity contribution in [3.05, 3.63) is 42.1 Å². The Labute approximate surface area is 208 Å². The number of carbonyl (C=O) groups is 1. The standard InChI is InChI=1S/C32H47NO/c1-22(2)10-9-11-23(3)26-15-16-27-25-14-17-29-32(5,28(25)18-20-31(26,27)4)21-19-30(34)33(29)24-12-7-6-8-13-24/h6-8,12-13,17,22-23,25-28H,9-11,14-16,18-21H2,1-5H3/t23-,25+,26-,27-,28+,31+,32+/m0/s1. The highest BCUT2D eigenvalue weighted by Crippen LogP contribution is 2.67. The molecule has 2 nitrogen and oxygen atoms in total. The molecule has 1 aromatic rings. The number of piperidine rings is 1. The van der Waals surface area contributed by atoms with E-state index in [0.717, 1.165) is 47.6 Å². The van der Waals surface area contributed by atoms with Crippen LogP contribution in [0.4, 0.5) is 5.69 Å². The van der Waals surface area contributed by atoms with Crippen LogP contribution < -0.4 is 4.90 Å². The Morgan fingerprint density at radius 1 is 0.971 bits per heavy atom. The number of amides is 1. The van der Waals surface area contributed by atoms with Crippen LogP contribution in [0, 0.1) is 46.3 Å². The molecule has 0 spiro atoms. The van der Waals surface area contributed by atoms with Crippen LogP contribution in [0.2, 0.25) is 0 Å². The monoisotopic (exact) mass is 461 g/mol. The van der Waals surface area contributed by atoms with Crippen molar-refractivity contribution in [2.75, 3.05) is 4.90 Å². The van der Waals surface area contributed by atoms with Crippen LogP contribution in [0.5, 0.6) is 0 Å². The summed E-state index contributed by atoms with van der Waals surface area (Å²) in [5.74, 6) is 5.25. The van der Waals surface area contributed by atoms with Crippen LogP contribution >= 0.6 is 0 Å². The van der Waals surface area contributed by atoms with Gasteiger partial charge < -0.3 is 0 Å². The average molecular weight is 462 g/mol. The number of benzene rings is 1. The van der Waals surface area contributed by atoms with Gasteiger partial charge in [-0.3, -0.25) is 9.69 Å². The molecule has 0 unspecified atom stereocenters. The van der Waals surface area contributed by atoms with Crippen LogP contribution in [-0.4, -0.2) is 5.91 Å². The van der Waals surface area contributed by atoms with Crippen molar-refractivity contribution in [3.63, 3.8) is 0 Å². The maximum absolute atomic E-state index is 13.1. The van der Waals surface area contributed by atoms with Gasteiger partial charge in [-0.25, -0.2) is 0 Å². The highest BCUT2D eigenvalue weighted by molar-refractivity contribution is 5.98. The Kier molecular flexibility index (Phi) is 6.49. The Morgan fingerprint density at radius 2 is 1.74 bits per heavy atom. The van der Waals surface area contributed by atoms with E-state index in [9.17, 15) is 4.79 Å². The highest BCUT2D eigenvalue weighted by atomic mass is 16.2. The molecule has 2 heteroatoms. The van der Waals surface area contributed by atoms with Gasteiger partial charge in [0, 0.05) is 23.2 Å². The van der Waals surface area contributed by atoms with Crippen LogP contribution in [0.15, 0.2) is 42.1 Å². The Bertz CT molecular complexity index is 918. The number of anilines is 1. The van der Waals surface area contributed by atoms with E-state index in [1.54, 1.807) is 0 Å². The molecule has 186 valence electrons. The van der Waals surface area contributed by atoms with Crippen molar-refractivity contribution in [3.8, 4) is 0 Å². The average Bonchev–Trinajstić information content (AvgIpc) is 3.17. The smallest absolute Gasteiger partial charge is 0.231 e. The van der Waals surface area contributed by atoms with Gasteiger partial charge in [0.2, 0.25) is 5.91 Å². The summed E-state index contributed by atoms with van der Waals surface area (Å²) in [5.41, 5.74) is 3.02. The Balaban J connectivity index is 1.39. The zero-order chi connectivity index (χ0) is 24.1. The zero-order valence-corrected chi connectivity index (χ0v) is 22.4. The zero-order valence-electron chi connectivity index (χ0n) is 22.4. The first-order chi connectivity index (χ1) is 16.3. The molecule has 1 aromatic carbocycles. The first-order valence-corrected chi connectivity index (χ1v) is 14.3. The van der Waals surface area contributed by atoms with E-state index >= 15 is 0 Å². The van der Waals surface area contributed by atoms with E-state index in [-0.39, 0.29) is 11.3 Å². The molecule has 3 aliphatic carbocycles. The van der Waals surface area contributed by atoms with Gasteiger partial charge in [-0.05, 0) is 91.6 Å². The summed E-state index contributed by atoms with van der Waals surface area (Å²) >= 11 is 0. The molecular formula is C32H47NO. The maximum Gasteiger partial charge on any atom is 0.231 e. The summed E-state index contributed by atoms with van der Waals surface area (Å²) in [6.07, 6.45) is 15.2. The van der Waals surface area contributed by atoms with E-state index < -0.39 is 0 Å². The Hall–Kier alpha value is -1.57. The van der Waals surface area contributed by atoms with Crippen molar-refractivity contribution in [1.29, 1.82) is 0 Å². The third-order valence-electron chi connectivity index (χ3n) is 11.0. The summed E-state index contributed by atoms with van der Waals surface area (Å²) in [4.78, 5) is 15.2. The molecular weight excluding hydrogens is 414 g/mol. The number of fused-ring (bicyclic) bond motifs is 5. The molecule has 0 radical (unpaired) electrons. The lowest BCUT2D eigenvalue weighted by Crippen LogP contribution is -2.54. The lowest BCUT2D eigenvalue weighted by atomic mass is 9.48. The number of para-hydroxylation sites is 1. The normalized spacial score (nSPS) is 38.2. The fraction of sp³-hybridized carbons (Fsp3) is 0.719. The highest BCUT2D eigenvalue weighted by Gasteiger charge is 2.60. The minimum atomic E-state index is 0.134. The second-order valence-electron chi connectivity index (χ2n) is 13.2. The van der Waals surface area contributed by atoms with E-state index in [1.165, 1.54) is 57.1 Å². The minimum Gasteiger partial charge on any atom is -0.285 e. The lowest BCUT2D eigenvalue weighted by molar-refractivity contribution is -0.122. The van der Waals surface area contributed by atoms with Gasteiger partial charge in [0.25, 0.3) is 0 Å². The molecule has 4 aliphatic rings. The van der Waals surface area contributed by atoms with Crippen molar-refractivity contribution >= 4 is 11.6 Å². The number of hydrogen-bond donors (Lipinski definition) is 0. The molecule has 2 saturated carbocycles. The maximum atomic E-state index is 13.1. The SMILES string of the molecule is CC(C)CCC[C@H](C)[C@@H]1CC[C@H]2[C@H]3CC=C4N(c5ccccc5)C(=O)CC[C@]4(C)[C@@H]3CC[C@@]21C. The molecule has 7 atom stereocenters. The van der Waals surface area contributed by atoms with Gasteiger partial charge in [0.05, 0.1) is 0 Å². The fourth-order valence-corrected chi connectivity index (χ4v) is 9.24. The van der Waals surface area contributed by atoms with Gasteiger partial charge >= 0.3 is 0 Å². The van der Waals surface area contributed by atoms with E-state index in [4.69, 9.17) is 0 Å². The second-order valence-corrected chi connectivity index (χ2v) is 13.2. The molecule has 0 bridgehead atoms. The fourth-order valence-electron chi connectivity index (χ4n) is 9.24. The quantitative estimate of drug-likeness (QED) is 0.415. The molecule has 1 saturated heterocycles. The number of allylic oxidation sites excluding steroid dienone is 2. The van der Waals surface area contributed by atoms with Crippen LogP contribution in [-0.2, 0) is 4.79 Å². The molecule has 1 amide bonds. The summed E-state index contributed by atoms with van der Waals surface area (Å²) in [6.45, 7) is 12.5. The first kappa shape index (κ1) is 24.1. The van der Waals surface area contributed by atoms with Gasteiger partial charge in [0.15, 0.2) is 0 Å². The van der Waals surface area contributed by atoms with Crippen molar-refractivity contribution in [2.24, 2.45) is 46.3 Å². The molecule has 3 fully saturated rings. The predicted octanol–water partition coefficient (Wildman–Crippen LogP) is 8.63. The molecule has 34 heavy (non-hydrogen) atoms. The van der Waals surface area contributed by atoms with Crippen molar-refractivity contribution < 1.29 is 4.79 Å². The molecule has 1 aliphatic heterocycles. The van der Waals surface area contributed by atoms with Crippen molar-refractivity contribution in [1.82, 2.24) is 0 Å². The summed E-state index contributed by atoms with van der Waals surface area (Å²) in [6, 6.07) is 10.4. The number of hydrogen-bond acceptors (Lipinski definition) is 1. The molecule has 0 N–H and O–H groups in total. The lowest BCUT2D eigenvalue weighted by Gasteiger charge is -2.59. The van der Waals surface area contributed by atoms with Crippen LogP contribution in [0.1, 0.15) is 98.8 Å². The van der Waals surface area contributed by atoms with Gasteiger partial charge in [0.1, 0.15) is 0 Å².